The lowest BCUT2D eigenvalue weighted by molar-refractivity contribution is 0.301. The number of hydrogen-bond donors (Lipinski definition) is 1. The quantitative estimate of drug-likeness (QED) is 0.921. The highest BCUT2D eigenvalue weighted by Gasteiger charge is 2.19. The number of likely N-dealkylation sites (tertiary alicyclic amines) is 1. The average molecular weight is 300 g/mol. The fraction of sp³-hybridized carbons (Fsp3) is 0.412. The van der Waals surface area contributed by atoms with Crippen molar-refractivity contribution in [3.8, 4) is 11.1 Å². The highest BCUT2D eigenvalue weighted by molar-refractivity contribution is 5.61. The molecular weight excluding hydrogens is 279 g/mol. The predicted molar refractivity (Wildman–Crippen MR) is 86.2 cm³/mol. The second kappa shape index (κ2) is 6.83. The number of nitrogens with one attached hydrogen (secondary N) is 1. The van der Waals surface area contributed by atoms with E-state index in [1.165, 1.54) is 31.5 Å². The van der Waals surface area contributed by atoms with E-state index in [1.807, 2.05) is 0 Å². The van der Waals surface area contributed by atoms with Crippen LogP contribution < -0.4 is 5.32 Å². The Kier molecular flexibility index (Phi) is 4.63. The molecule has 5 heteroatoms. The molecule has 22 heavy (non-hydrogen) atoms. The van der Waals surface area contributed by atoms with Gasteiger partial charge in [0, 0.05) is 30.5 Å². The Morgan fingerprint density at radius 2 is 1.91 bits per heavy atom. The Morgan fingerprint density at radius 1 is 1.18 bits per heavy atom. The normalized spacial score (nSPS) is 18.5. The van der Waals surface area contributed by atoms with Crippen LogP contribution in [0.25, 0.3) is 11.1 Å². The van der Waals surface area contributed by atoms with Crippen LogP contribution in [0.3, 0.4) is 0 Å². The number of rotatable bonds is 5. The van der Waals surface area contributed by atoms with Gasteiger partial charge in [-0.05, 0) is 50.6 Å². The molecular formula is C17H21FN4. The van der Waals surface area contributed by atoms with Crippen molar-refractivity contribution in [3.05, 3.63) is 42.5 Å². The third-order valence-corrected chi connectivity index (χ3v) is 4.26. The summed E-state index contributed by atoms with van der Waals surface area (Å²) in [6.45, 7) is 2.08. The predicted octanol–water partition coefficient (Wildman–Crippen LogP) is 3.18. The van der Waals surface area contributed by atoms with Crippen molar-refractivity contribution in [1.29, 1.82) is 0 Å². The van der Waals surface area contributed by atoms with Crippen LogP contribution in [-0.4, -0.2) is 41.0 Å². The number of anilines is 1. The second-order valence-electron chi connectivity index (χ2n) is 5.79. The topological polar surface area (TPSA) is 41.0 Å². The maximum Gasteiger partial charge on any atom is 0.222 e. The third-order valence-electron chi connectivity index (χ3n) is 4.26. The van der Waals surface area contributed by atoms with E-state index in [9.17, 15) is 4.39 Å². The van der Waals surface area contributed by atoms with Gasteiger partial charge in [-0.25, -0.2) is 14.4 Å². The van der Waals surface area contributed by atoms with Crippen molar-refractivity contribution in [2.75, 3.05) is 25.5 Å². The summed E-state index contributed by atoms with van der Waals surface area (Å²) in [4.78, 5) is 11.1. The van der Waals surface area contributed by atoms with E-state index in [1.54, 1.807) is 24.5 Å². The van der Waals surface area contributed by atoms with E-state index in [2.05, 4.69) is 27.2 Å². The zero-order valence-electron chi connectivity index (χ0n) is 12.8. The average Bonchev–Trinajstić information content (AvgIpc) is 2.94. The fourth-order valence-electron chi connectivity index (χ4n) is 2.91. The van der Waals surface area contributed by atoms with Gasteiger partial charge in [-0.3, -0.25) is 0 Å². The van der Waals surface area contributed by atoms with Crippen LogP contribution in [0.15, 0.2) is 36.7 Å². The van der Waals surface area contributed by atoms with Gasteiger partial charge in [0.05, 0.1) is 0 Å². The van der Waals surface area contributed by atoms with Crippen LogP contribution >= 0.6 is 0 Å². The van der Waals surface area contributed by atoms with Gasteiger partial charge in [0.15, 0.2) is 0 Å². The summed E-state index contributed by atoms with van der Waals surface area (Å²) in [6.07, 6.45) is 7.22. The van der Waals surface area contributed by atoms with Gasteiger partial charge in [-0.2, -0.15) is 0 Å². The molecule has 0 aliphatic carbocycles. The number of benzene rings is 1. The van der Waals surface area contributed by atoms with Gasteiger partial charge in [-0.15, -0.1) is 0 Å². The van der Waals surface area contributed by atoms with Crippen molar-refractivity contribution in [2.45, 2.75) is 25.3 Å². The van der Waals surface area contributed by atoms with Crippen molar-refractivity contribution in [3.63, 3.8) is 0 Å². The molecule has 0 bridgehead atoms. The van der Waals surface area contributed by atoms with Crippen LogP contribution in [0.5, 0.6) is 0 Å². The highest BCUT2D eigenvalue weighted by atomic mass is 19.1. The van der Waals surface area contributed by atoms with Crippen molar-refractivity contribution in [2.24, 2.45) is 0 Å². The number of nitrogens with zero attached hydrogens (tertiary/aromatic N) is 3. The van der Waals surface area contributed by atoms with Gasteiger partial charge >= 0.3 is 0 Å². The Bertz CT molecular complexity index is 597. The third kappa shape index (κ3) is 3.60. The van der Waals surface area contributed by atoms with Gasteiger partial charge in [0.1, 0.15) is 5.82 Å². The maximum atomic E-state index is 12.9. The van der Waals surface area contributed by atoms with Gasteiger partial charge in [0.2, 0.25) is 5.95 Å². The van der Waals surface area contributed by atoms with Crippen molar-refractivity contribution in [1.82, 2.24) is 14.9 Å². The lowest BCUT2D eigenvalue weighted by atomic mass is 10.1. The van der Waals surface area contributed by atoms with Crippen molar-refractivity contribution >= 4 is 5.95 Å². The highest BCUT2D eigenvalue weighted by Crippen LogP contribution is 2.19. The molecule has 1 aliphatic heterocycles. The molecule has 1 atom stereocenters. The Labute approximate surface area is 130 Å². The first-order chi connectivity index (χ1) is 10.7. The molecule has 0 spiro atoms. The smallest absolute Gasteiger partial charge is 0.222 e. The molecule has 0 saturated carbocycles. The van der Waals surface area contributed by atoms with Crippen LogP contribution in [0.1, 0.15) is 19.3 Å². The fourth-order valence-corrected chi connectivity index (χ4v) is 2.91. The van der Waals surface area contributed by atoms with Gasteiger partial charge in [-0.1, -0.05) is 12.1 Å². The van der Waals surface area contributed by atoms with E-state index >= 15 is 0 Å². The summed E-state index contributed by atoms with van der Waals surface area (Å²) in [5.41, 5.74) is 1.81. The molecule has 2 heterocycles. The minimum Gasteiger partial charge on any atom is -0.354 e. The van der Waals surface area contributed by atoms with E-state index in [0.29, 0.717) is 12.0 Å². The Morgan fingerprint density at radius 3 is 2.55 bits per heavy atom. The van der Waals surface area contributed by atoms with Crippen LogP contribution in [0.2, 0.25) is 0 Å². The molecule has 1 aliphatic rings. The molecule has 1 aromatic heterocycles. The number of hydrogen-bond acceptors (Lipinski definition) is 4. The first-order valence-electron chi connectivity index (χ1n) is 7.74. The molecule has 1 N–H and O–H groups in total. The summed E-state index contributed by atoms with van der Waals surface area (Å²) < 4.78 is 12.9. The molecule has 1 unspecified atom stereocenters. The van der Waals surface area contributed by atoms with E-state index in [-0.39, 0.29) is 5.82 Å². The van der Waals surface area contributed by atoms with E-state index in [0.717, 1.165) is 24.1 Å². The Hall–Kier alpha value is -2.01. The summed E-state index contributed by atoms with van der Waals surface area (Å²) in [7, 11) is 2.19. The molecule has 1 aromatic carbocycles. The second-order valence-corrected chi connectivity index (χ2v) is 5.79. The SMILES string of the molecule is CN1CCCC1CCNc1ncc(-c2ccc(F)cc2)cn1. The summed E-state index contributed by atoms with van der Waals surface area (Å²) in [6, 6.07) is 7.03. The lowest BCUT2D eigenvalue weighted by Gasteiger charge is -2.19. The largest absolute Gasteiger partial charge is 0.354 e. The molecule has 4 nitrogen and oxygen atoms in total. The minimum absolute atomic E-state index is 0.236. The first-order valence-corrected chi connectivity index (χ1v) is 7.74. The van der Waals surface area contributed by atoms with Gasteiger partial charge < -0.3 is 10.2 Å². The minimum atomic E-state index is -0.236. The van der Waals surface area contributed by atoms with Crippen LogP contribution in [0, 0.1) is 5.82 Å². The monoisotopic (exact) mass is 300 g/mol. The molecule has 1 saturated heterocycles. The number of aromatic nitrogens is 2. The molecule has 3 rings (SSSR count). The van der Waals surface area contributed by atoms with Crippen LogP contribution in [0.4, 0.5) is 10.3 Å². The van der Waals surface area contributed by atoms with E-state index in [4.69, 9.17) is 0 Å². The zero-order valence-corrected chi connectivity index (χ0v) is 12.8. The molecule has 116 valence electrons. The molecule has 0 amide bonds. The van der Waals surface area contributed by atoms with Gasteiger partial charge in [0.25, 0.3) is 0 Å². The first kappa shape index (κ1) is 14.9. The maximum absolute atomic E-state index is 12.9. The summed E-state index contributed by atoms with van der Waals surface area (Å²) >= 11 is 0. The molecule has 0 radical (unpaired) electrons. The Balaban J connectivity index is 1.54. The summed E-state index contributed by atoms with van der Waals surface area (Å²) in [5, 5.41) is 3.27. The van der Waals surface area contributed by atoms with Crippen molar-refractivity contribution < 1.29 is 4.39 Å². The zero-order chi connectivity index (χ0) is 15.4. The molecule has 1 fully saturated rings. The molecule has 2 aromatic rings. The summed E-state index contributed by atoms with van der Waals surface area (Å²) in [5.74, 6) is 0.409. The number of halogens is 1. The van der Waals surface area contributed by atoms with Crippen LogP contribution in [-0.2, 0) is 0 Å². The van der Waals surface area contributed by atoms with E-state index < -0.39 is 0 Å². The lowest BCUT2D eigenvalue weighted by Crippen LogP contribution is -2.27. The standard InChI is InChI=1S/C17H21FN4/c1-22-10-2-3-16(22)8-9-19-17-20-11-14(12-21-17)13-4-6-15(18)7-5-13/h4-7,11-12,16H,2-3,8-10H2,1H3,(H,19,20,21).